The molecule has 1 aliphatic heterocycles. The molecule has 22 heavy (non-hydrogen) atoms. The molecule has 4 atom stereocenters. The number of hydrogen-bond donors (Lipinski definition) is 4. The smallest absolute Gasteiger partial charge is 0.167 e. The Balaban J connectivity index is 1.97. The summed E-state index contributed by atoms with van der Waals surface area (Å²) in [6, 6.07) is 0. The van der Waals surface area contributed by atoms with Crippen molar-refractivity contribution in [3.63, 3.8) is 0 Å². The Hall–Kier alpha value is -2.25. The third kappa shape index (κ3) is 2.28. The van der Waals surface area contributed by atoms with E-state index in [0.717, 1.165) is 0 Å². The zero-order chi connectivity index (χ0) is 15.7. The van der Waals surface area contributed by atoms with Gasteiger partial charge in [0.15, 0.2) is 23.2 Å². The normalized spacial score (nSPS) is 27.9. The molecule has 0 bridgehead atoms. The molecule has 116 valence electrons. The molecule has 0 radical (unpaired) electrons. The highest BCUT2D eigenvalue weighted by Gasteiger charge is 2.43. The Morgan fingerprint density at radius 1 is 1.32 bits per heavy atom. The fourth-order valence-electron chi connectivity index (χ4n) is 2.41. The number of hydrogen-bond acceptors (Lipinski definition) is 8. The largest absolute Gasteiger partial charge is 0.394 e. The number of rotatable bonds is 4. The second-order valence-corrected chi connectivity index (χ2v) is 4.83. The maximum atomic E-state index is 10.1. The minimum Gasteiger partial charge on any atom is -0.394 e. The van der Waals surface area contributed by atoms with Crippen LogP contribution in [0.15, 0.2) is 12.7 Å². The van der Waals surface area contributed by atoms with Crippen molar-refractivity contribution in [1.82, 2.24) is 19.5 Å². The van der Waals surface area contributed by atoms with Crippen LogP contribution in [0.4, 0.5) is 5.82 Å². The summed E-state index contributed by atoms with van der Waals surface area (Å²) >= 11 is 0. The predicted molar refractivity (Wildman–Crippen MR) is 75.7 cm³/mol. The van der Waals surface area contributed by atoms with Crippen molar-refractivity contribution in [3.8, 4) is 12.3 Å². The maximum absolute atomic E-state index is 10.1. The Kier molecular flexibility index (Phi) is 3.91. The van der Waals surface area contributed by atoms with Gasteiger partial charge in [0.25, 0.3) is 0 Å². The van der Waals surface area contributed by atoms with Crippen molar-refractivity contribution < 1.29 is 20.1 Å². The van der Waals surface area contributed by atoms with Gasteiger partial charge in [0, 0.05) is 0 Å². The number of ether oxygens (including phenoxy) is 1. The minimum absolute atomic E-state index is 0.285. The summed E-state index contributed by atoms with van der Waals surface area (Å²) in [5.41, 5.74) is 0.889. The first kappa shape index (κ1) is 14.7. The van der Waals surface area contributed by atoms with Gasteiger partial charge < -0.3 is 25.4 Å². The maximum Gasteiger partial charge on any atom is 0.167 e. The number of aliphatic hydroxyl groups is 3. The second-order valence-electron chi connectivity index (χ2n) is 4.83. The molecule has 0 aliphatic carbocycles. The van der Waals surface area contributed by atoms with E-state index in [-0.39, 0.29) is 6.54 Å². The Bertz CT molecular complexity index is 712. The molecule has 4 N–H and O–H groups in total. The van der Waals surface area contributed by atoms with E-state index in [1.54, 1.807) is 0 Å². The average molecular weight is 305 g/mol. The highest BCUT2D eigenvalue weighted by Crippen LogP contribution is 2.31. The Morgan fingerprint density at radius 3 is 2.82 bits per heavy atom. The van der Waals surface area contributed by atoms with E-state index >= 15 is 0 Å². The van der Waals surface area contributed by atoms with Crippen LogP contribution < -0.4 is 5.32 Å². The van der Waals surface area contributed by atoms with Crippen LogP contribution in [-0.4, -0.2) is 66.3 Å². The zero-order valence-corrected chi connectivity index (χ0v) is 11.5. The quantitative estimate of drug-likeness (QED) is 0.502. The van der Waals surface area contributed by atoms with Gasteiger partial charge in [0.1, 0.15) is 24.6 Å². The van der Waals surface area contributed by atoms with Crippen LogP contribution in [0.5, 0.6) is 0 Å². The van der Waals surface area contributed by atoms with Gasteiger partial charge >= 0.3 is 0 Å². The number of nitrogens with zero attached hydrogens (tertiary/aromatic N) is 4. The third-order valence-corrected chi connectivity index (χ3v) is 3.51. The number of nitrogens with one attached hydrogen (secondary N) is 1. The summed E-state index contributed by atoms with van der Waals surface area (Å²) in [5.74, 6) is 2.90. The first-order chi connectivity index (χ1) is 10.7. The Labute approximate surface area is 125 Å². The molecular formula is C13H15N5O4. The van der Waals surface area contributed by atoms with Gasteiger partial charge in [-0.25, -0.2) is 15.0 Å². The topological polar surface area (TPSA) is 126 Å². The van der Waals surface area contributed by atoms with E-state index in [1.807, 2.05) is 0 Å². The van der Waals surface area contributed by atoms with E-state index in [0.29, 0.717) is 17.0 Å². The van der Waals surface area contributed by atoms with Crippen molar-refractivity contribution in [2.75, 3.05) is 18.5 Å². The molecule has 3 rings (SSSR count). The van der Waals surface area contributed by atoms with Gasteiger partial charge in [-0.05, 0) is 0 Å². The van der Waals surface area contributed by atoms with E-state index < -0.39 is 31.1 Å². The van der Waals surface area contributed by atoms with Crippen LogP contribution in [0.25, 0.3) is 11.2 Å². The van der Waals surface area contributed by atoms with Crippen LogP contribution in [0.2, 0.25) is 0 Å². The predicted octanol–water partition coefficient (Wildman–Crippen LogP) is -1.52. The van der Waals surface area contributed by atoms with Gasteiger partial charge in [-0.1, -0.05) is 5.92 Å². The second kappa shape index (κ2) is 5.86. The molecule has 0 amide bonds. The number of aliphatic hydroxyl groups excluding tert-OH is 3. The number of anilines is 1. The summed E-state index contributed by atoms with van der Waals surface area (Å²) in [5, 5.41) is 32.0. The summed E-state index contributed by atoms with van der Waals surface area (Å²) in [6.45, 7) is -0.113. The van der Waals surface area contributed by atoms with Gasteiger partial charge in [0.2, 0.25) is 0 Å². The standard InChI is InChI=1S/C13H15N5O4/c1-2-3-14-11-8-12(16-5-15-11)18(6-17-8)13-10(21)9(20)7(4-19)22-13/h1,5-7,9-10,13,19-21H,3-4H2,(H,14,15,16)/t7-,9+,10+,13-/m0/s1. The molecule has 1 fully saturated rings. The molecule has 3 heterocycles. The number of terminal acetylenes is 1. The fraction of sp³-hybridized carbons (Fsp3) is 0.462. The van der Waals surface area contributed by atoms with E-state index in [4.69, 9.17) is 16.3 Å². The molecule has 9 heteroatoms. The van der Waals surface area contributed by atoms with Crippen molar-refractivity contribution in [2.24, 2.45) is 0 Å². The number of aromatic nitrogens is 4. The van der Waals surface area contributed by atoms with Crippen LogP contribution in [-0.2, 0) is 4.74 Å². The van der Waals surface area contributed by atoms with Crippen molar-refractivity contribution >= 4 is 17.0 Å². The molecule has 0 saturated carbocycles. The molecular weight excluding hydrogens is 290 g/mol. The van der Waals surface area contributed by atoms with Gasteiger partial charge in [-0.15, -0.1) is 6.42 Å². The minimum atomic E-state index is -1.20. The van der Waals surface area contributed by atoms with Crippen LogP contribution in [0.1, 0.15) is 6.23 Å². The van der Waals surface area contributed by atoms with Crippen molar-refractivity contribution in [3.05, 3.63) is 12.7 Å². The fourth-order valence-corrected chi connectivity index (χ4v) is 2.41. The molecule has 2 aromatic rings. The van der Waals surface area contributed by atoms with Crippen molar-refractivity contribution in [2.45, 2.75) is 24.5 Å². The molecule has 1 aliphatic rings. The average Bonchev–Trinajstić information content (AvgIpc) is 3.08. The molecule has 9 nitrogen and oxygen atoms in total. The first-order valence-corrected chi connectivity index (χ1v) is 6.64. The lowest BCUT2D eigenvalue weighted by atomic mass is 10.1. The monoisotopic (exact) mass is 305 g/mol. The lowest BCUT2D eigenvalue weighted by Gasteiger charge is -2.16. The highest BCUT2D eigenvalue weighted by molar-refractivity contribution is 5.82. The number of imidazole rings is 1. The molecule has 0 unspecified atom stereocenters. The summed E-state index contributed by atoms with van der Waals surface area (Å²) in [6.07, 6.45) is 3.82. The highest BCUT2D eigenvalue weighted by atomic mass is 16.6. The van der Waals surface area contributed by atoms with Crippen LogP contribution in [0, 0.1) is 12.3 Å². The van der Waals surface area contributed by atoms with Gasteiger partial charge in [-0.2, -0.15) is 0 Å². The summed E-state index contributed by atoms with van der Waals surface area (Å²) in [7, 11) is 0. The first-order valence-electron chi connectivity index (χ1n) is 6.64. The number of fused-ring (bicyclic) bond motifs is 1. The summed E-state index contributed by atoms with van der Waals surface area (Å²) < 4.78 is 6.96. The Morgan fingerprint density at radius 2 is 2.14 bits per heavy atom. The third-order valence-electron chi connectivity index (χ3n) is 3.51. The van der Waals surface area contributed by atoms with E-state index in [9.17, 15) is 10.2 Å². The van der Waals surface area contributed by atoms with E-state index in [2.05, 4.69) is 26.2 Å². The molecule has 0 spiro atoms. The molecule has 2 aromatic heterocycles. The molecule has 1 saturated heterocycles. The van der Waals surface area contributed by atoms with Crippen molar-refractivity contribution in [1.29, 1.82) is 0 Å². The van der Waals surface area contributed by atoms with Crippen LogP contribution in [0.3, 0.4) is 0 Å². The van der Waals surface area contributed by atoms with Gasteiger partial charge in [0.05, 0.1) is 19.5 Å². The zero-order valence-electron chi connectivity index (χ0n) is 11.5. The van der Waals surface area contributed by atoms with E-state index in [1.165, 1.54) is 17.2 Å². The van der Waals surface area contributed by atoms with Gasteiger partial charge in [-0.3, -0.25) is 4.57 Å². The lowest BCUT2D eigenvalue weighted by Crippen LogP contribution is -2.33. The SMILES string of the molecule is C#CCNc1ncnc2c1ncn2[C@H]1O[C@@H](CO)[C@@H](O)[C@H]1O. The molecule has 0 aromatic carbocycles. The lowest BCUT2D eigenvalue weighted by molar-refractivity contribution is -0.0511. The summed E-state index contributed by atoms with van der Waals surface area (Å²) in [4.78, 5) is 12.4. The van der Waals surface area contributed by atoms with Crippen LogP contribution >= 0.6 is 0 Å².